The van der Waals surface area contributed by atoms with Crippen molar-refractivity contribution in [1.82, 2.24) is 5.32 Å². The Kier molecular flexibility index (Phi) is 5.10. The molecule has 3 heteroatoms. The van der Waals surface area contributed by atoms with Gasteiger partial charge in [0.25, 0.3) is 0 Å². The Bertz CT molecular complexity index is 606. The molecule has 0 atom stereocenters. The normalized spacial score (nSPS) is 19.7. The Balaban J connectivity index is 2.23. The minimum Gasteiger partial charge on any atom is -0.478 e. The number of hydrogen-bond donors (Lipinski definition) is 2. The predicted molar refractivity (Wildman–Crippen MR) is 95.3 cm³/mol. The van der Waals surface area contributed by atoms with Crippen LogP contribution in [-0.4, -0.2) is 22.2 Å². The van der Waals surface area contributed by atoms with Crippen LogP contribution in [0.5, 0.6) is 0 Å². The molecule has 0 radical (unpaired) electrons. The summed E-state index contributed by atoms with van der Waals surface area (Å²) in [5.74, 6) is -0.800. The van der Waals surface area contributed by atoms with Crippen LogP contribution in [0.15, 0.2) is 47.6 Å². The van der Waals surface area contributed by atoms with E-state index in [1.807, 2.05) is 42.5 Å². The molecule has 0 unspecified atom stereocenters. The van der Waals surface area contributed by atoms with E-state index in [0.29, 0.717) is 12.0 Å². The van der Waals surface area contributed by atoms with Crippen molar-refractivity contribution in [2.24, 2.45) is 0 Å². The molecule has 124 valence electrons. The van der Waals surface area contributed by atoms with E-state index in [1.54, 1.807) is 0 Å². The Morgan fingerprint density at radius 3 is 2.22 bits per heavy atom. The summed E-state index contributed by atoms with van der Waals surface area (Å²) in [7, 11) is 0. The summed E-state index contributed by atoms with van der Waals surface area (Å²) in [6, 6.07) is 9.96. The van der Waals surface area contributed by atoms with Gasteiger partial charge in [-0.25, -0.2) is 4.79 Å². The van der Waals surface area contributed by atoms with Crippen molar-refractivity contribution in [1.29, 1.82) is 0 Å². The molecular formula is C20H27NO2. The molecule has 2 rings (SSSR count). The fraction of sp³-hybridized carbons (Fsp3) is 0.450. The summed E-state index contributed by atoms with van der Waals surface area (Å²) in [6.07, 6.45) is 5.95. The summed E-state index contributed by atoms with van der Waals surface area (Å²) in [5.41, 5.74) is 2.53. The first-order chi connectivity index (χ1) is 10.7. The van der Waals surface area contributed by atoms with E-state index in [4.69, 9.17) is 0 Å². The van der Waals surface area contributed by atoms with Crippen molar-refractivity contribution in [2.45, 2.75) is 58.0 Å². The van der Waals surface area contributed by atoms with Gasteiger partial charge in [-0.3, -0.25) is 0 Å². The van der Waals surface area contributed by atoms with E-state index in [9.17, 15) is 9.90 Å². The lowest BCUT2D eigenvalue weighted by Crippen LogP contribution is -2.56. The largest absolute Gasteiger partial charge is 0.478 e. The lowest BCUT2D eigenvalue weighted by molar-refractivity contribution is -0.132. The number of allylic oxidation sites excluding steroid dienone is 1. The molecule has 0 aromatic heterocycles. The van der Waals surface area contributed by atoms with Crippen LogP contribution in [0.25, 0.3) is 6.08 Å². The SMILES string of the molecule is CC1(C)CC(=C(CC=Cc2ccccc2)C(=O)O)CC(C)(C)N1. The van der Waals surface area contributed by atoms with Gasteiger partial charge in [0.1, 0.15) is 0 Å². The van der Waals surface area contributed by atoms with Crippen LogP contribution in [0, 0.1) is 0 Å². The maximum atomic E-state index is 11.8. The lowest BCUT2D eigenvalue weighted by atomic mass is 9.77. The maximum absolute atomic E-state index is 11.8. The van der Waals surface area contributed by atoms with Gasteiger partial charge in [-0.2, -0.15) is 0 Å². The molecule has 0 spiro atoms. The third-order valence-electron chi connectivity index (χ3n) is 4.10. The second-order valence-corrected chi connectivity index (χ2v) is 7.65. The van der Waals surface area contributed by atoms with Crippen LogP contribution in [-0.2, 0) is 4.79 Å². The van der Waals surface area contributed by atoms with Gasteiger partial charge in [0.15, 0.2) is 0 Å². The van der Waals surface area contributed by atoms with E-state index in [-0.39, 0.29) is 11.1 Å². The van der Waals surface area contributed by atoms with Gasteiger partial charge in [0, 0.05) is 16.7 Å². The summed E-state index contributed by atoms with van der Waals surface area (Å²) in [5, 5.41) is 13.2. The van der Waals surface area contributed by atoms with E-state index in [1.165, 1.54) is 0 Å². The first kappa shape index (κ1) is 17.5. The minimum absolute atomic E-state index is 0.0824. The summed E-state index contributed by atoms with van der Waals surface area (Å²) in [6.45, 7) is 8.53. The highest BCUT2D eigenvalue weighted by Gasteiger charge is 2.36. The summed E-state index contributed by atoms with van der Waals surface area (Å²) < 4.78 is 0. The molecule has 2 N–H and O–H groups in total. The van der Waals surface area contributed by atoms with Gasteiger partial charge < -0.3 is 10.4 Å². The zero-order chi connectivity index (χ0) is 17.1. The molecule has 1 aliphatic rings. The van der Waals surface area contributed by atoms with Crippen molar-refractivity contribution in [3.8, 4) is 0 Å². The standard InChI is InChI=1S/C20H27NO2/c1-19(2)13-16(14-20(3,4)21-19)17(18(22)23)12-8-11-15-9-6-5-7-10-15/h5-11,21H,12-14H2,1-4H3,(H,22,23). The smallest absolute Gasteiger partial charge is 0.331 e. The highest BCUT2D eigenvalue weighted by Crippen LogP contribution is 2.35. The zero-order valence-electron chi connectivity index (χ0n) is 14.5. The van der Waals surface area contributed by atoms with E-state index >= 15 is 0 Å². The van der Waals surface area contributed by atoms with Crippen molar-refractivity contribution in [2.75, 3.05) is 0 Å². The third-order valence-corrected chi connectivity index (χ3v) is 4.10. The number of aliphatic carboxylic acids is 1. The van der Waals surface area contributed by atoms with Gasteiger partial charge in [-0.1, -0.05) is 48.1 Å². The first-order valence-corrected chi connectivity index (χ1v) is 8.14. The van der Waals surface area contributed by atoms with E-state index in [2.05, 4.69) is 33.0 Å². The van der Waals surface area contributed by atoms with Gasteiger partial charge in [-0.15, -0.1) is 0 Å². The minimum atomic E-state index is -0.800. The molecule has 1 aromatic carbocycles. The van der Waals surface area contributed by atoms with Crippen molar-refractivity contribution in [3.63, 3.8) is 0 Å². The molecule has 0 saturated carbocycles. The molecule has 1 fully saturated rings. The molecule has 0 aliphatic carbocycles. The van der Waals surface area contributed by atoms with Gasteiger partial charge in [0.05, 0.1) is 0 Å². The molecule has 0 bridgehead atoms. The van der Waals surface area contributed by atoms with Gasteiger partial charge in [-0.05, 0) is 52.5 Å². The first-order valence-electron chi connectivity index (χ1n) is 8.14. The van der Waals surface area contributed by atoms with E-state index in [0.717, 1.165) is 24.0 Å². The lowest BCUT2D eigenvalue weighted by Gasteiger charge is -2.44. The number of carboxylic acids is 1. The third kappa shape index (κ3) is 5.07. The van der Waals surface area contributed by atoms with Crippen LogP contribution in [0.2, 0.25) is 0 Å². The molecule has 1 aromatic rings. The number of nitrogens with one attached hydrogen (secondary N) is 1. The number of carboxylic acid groups (broad SMARTS) is 1. The molecular weight excluding hydrogens is 286 g/mol. The highest BCUT2D eigenvalue weighted by atomic mass is 16.4. The number of hydrogen-bond acceptors (Lipinski definition) is 2. The monoisotopic (exact) mass is 313 g/mol. The maximum Gasteiger partial charge on any atom is 0.331 e. The summed E-state index contributed by atoms with van der Waals surface area (Å²) >= 11 is 0. The molecule has 1 heterocycles. The fourth-order valence-corrected chi connectivity index (χ4v) is 3.61. The fourth-order valence-electron chi connectivity index (χ4n) is 3.61. The van der Waals surface area contributed by atoms with Crippen LogP contribution in [0.3, 0.4) is 0 Å². The molecule has 0 amide bonds. The zero-order valence-corrected chi connectivity index (χ0v) is 14.5. The Morgan fingerprint density at radius 2 is 1.70 bits per heavy atom. The van der Waals surface area contributed by atoms with E-state index < -0.39 is 5.97 Å². The second kappa shape index (κ2) is 6.71. The average Bonchev–Trinajstić information content (AvgIpc) is 2.40. The summed E-state index contributed by atoms with van der Waals surface area (Å²) in [4.78, 5) is 11.8. The Hall–Kier alpha value is -1.87. The molecule has 1 aliphatic heterocycles. The molecule has 23 heavy (non-hydrogen) atoms. The molecule has 1 saturated heterocycles. The van der Waals surface area contributed by atoms with Crippen molar-refractivity contribution in [3.05, 3.63) is 53.1 Å². The highest BCUT2D eigenvalue weighted by molar-refractivity contribution is 5.88. The number of carbonyl (C=O) groups is 1. The van der Waals surface area contributed by atoms with Gasteiger partial charge in [0.2, 0.25) is 0 Å². The predicted octanol–water partition coefficient (Wildman–Crippen LogP) is 4.41. The van der Waals surface area contributed by atoms with Crippen LogP contribution < -0.4 is 5.32 Å². The number of benzene rings is 1. The van der Waals surface area contributed by atoms with Crippen molar-refractivity contribution >= 4 is 12.0 Å². The number of piperidine rings is 1. The Morgan fingerprint density at radius 1 is 1.13 bits per heavy atom. The topological polar surface area (TPSA) is 49.3 Å². The second-order valence-electron chi connectivity index (χ2n) is 7.65. The van der Waals surface area contributed by atoms with Crippen LogP contribution >= 0.6 is 0 Å². The van der Waals surface area contributed by atoms with Crippen LogP contribution in [0.4, 0.5) is 0 Å². The quantitative estimate of drug-likeness (QED) is 0.809. The van der Waals surface area contributed by atoms with Crippen LogP contribution in [0.1, 0.15) is 52.5 Å². The Labute approximate surface area is 139 Å². The van der Waals surface area contributed by atoms with Crippen molar-refractivity contribution < 1.29 is 9.90 Å². The van der Waals surface area contributed by atoms with Gasteiger partial charge >= 0.3 is 5.97 Å². The molecule has 3 nitrogen and oxygen atoms in total. The number of rotatable bonds is 4. The average molecular weight is 313 g/mol.